The second-order valence-corrected chi connectivity index (χ2v) is 7.60. The fraction of sp³-hybridized carbons (Fsp3) is 0.556. The molecule has 0 bridgehead atoms. The SMILES string of the molecule is O=c1nc([O-])ccn1[C@@H]1O[C@H](COP(=O)(O)OP(=O)([O-])O)[C@@H](O)[C@H]1O.[Na+].[Na+]. The first kappa shape index (κ1) is 27.8. The summed E-state index contributed by atoms with van der Waals surface area (Å²) < 4.78 is 35.2. The van der Waals surface area contributed by atoms with Crippen molar-refractivity contribution >= 4 is 15.6 Å². The van der Waals surface area contributed by atoms with Gasteiger partial charge in [-0.1, -0.05) is 0 Å². The van der Waals surface area contributed by atoms with Crippen LogP contribution in [0.3, 0.4) is 0 Å². The summed E-state index contributed by atoms with van der Waals surface area (Å²) in [7, 11) is -10.8. The molecule has 1 aliphatic rings. The largest absolute Gasteiger partial charge is 1.00 e. The molecule has 0 saturated carbocycles. The molecule has 0 radical (unpaired) electrons. The molecule has 14 nitrogen and oxygen atoms in total. The predicted octanol–water partition coefficient (Wildman–Crippen LogP) is -9.46. The third-order valence-corrected chi connectivity index (χ3v) is 5.15. The van der Waals surface area contributed by atoms with Crippen LogP contribution < -0.4 is 74.8 Å². The fourth-order valence-electron chi connectivity index (χ4n) is 2.01. The van der Waals surface area contributed by atoms with Gasteiger partial charge in [0.25, 0.3) is 7.82 Å². The van der Waals surface area contributed by atoms with Crippen LogP contribution in [0.4, 0.5) is 0 Å². The Hall–Kier alpha value is 0.820. The molecule has 0 amide bonds. The molecule has 2 rings (SSSR count). The maximum Gasteiger partial charge on any atom is 1.00 e. The molecule has 1 aromatic rings. The Morgan fingerprint density at radius 2 is 1.85 bits per heavy atom. The van der Waals surface area contributed by atoms with Crippen molar-refractivity contribution in [1.82, 2.24) is 9.55 Å². The zero-order chi connectivity index (χ0) is 19.0. The van der Waals surface area contributed by atoms with Crippen molar-refractivity contribution in [3.05, 3.63) is 22.7 Å². The van der Waals surface area contributed by atoms with E-state index in [4.69, 9.17) is 14.5 Å². The number of hydrogen-bond donors (Lipinski definition) is 4. The summed E-state index contributed by atoms with van der Waals surface area (Å²) in [6.45, 7) is -0.940. The maximum absolute atomic E-state index is 11.6. The first-order valence-corrected chi connectivity index (χ1v) is 9.39. The first-order valence-electron chi connectivity index (χ1n) is 6.40. The Kier molecular flexibility index (Phi) is 11.1. The number of phosphoric acid groups is 2. The van der Waals surface area contributed by atoms with Gasteiger partial charge in [0, 0.05) is 6.20 Å². The van der Waals surface area contributed by atoms with E-state index >= 15 is 0 Å². The van der Waals surface area contributed by atoms with Gasteiger partial charge in [0.1, 0.15) is 18.3 Å². The Bertz CT molecular complexity index is 786. The van der Waals surface area contributed by atoms with Gasteiger partial charge in [0.05, 0.1) is 6.61 Å². The van der Waals surface area contributed by atoms with Crippen LogP contribution in [0.2, 0.25) is 0 Å². The van der Waals surface area contributed by atoms with E-state index in [1.807, 2.05) is 0 Å². The summed E-state index contributed by atoms with van der Waals surface area (Å²) in [6.07, 6.45) is -5.43. The average molecular weight is 448 g/mol. The van der Waals surface area contributed by atoms with Crippen LogP contribution in [-0.2, 0) is 22.7 Å². The van der Waals surface area contributed by atoms with Crippen molar-refractivity contribution in [2.75, 3.05) is 6.61 Å². The molecule has 0 aliphatic carbocycles. The number of hydrogen-bond acceptors (Lipinski definition) is 11. The van der Waals surface area contributed by atoms with Crippen LogP contribution in [0.15, 0.2) is 17.1 Å². The van der Waals surface area contributed by atoms with E-state index in [2.05, 4.69) is 13.8 Å². The van der Waals surface area contributed by atoms with Crippen LogP contribution >= 0.6 is 15.6 Å². The minimum Gasteiger partial charge on any atom is -0.858 e. The molecule has 0 spiro atoms. The van der Waals surface area contributed by atoms with Crippen molar-refractivity contribution in [3.8, 4) is 5.88 Å². The number of aliphatic hydroxyl groups is 2. The normalized spacial score (nSPS) is 29.1. The molecule has 1 saturated heterocycles. The maximum atomic E-state index is 11.6. The van der Waals surface area contributed by atoms with E-state index in [1.165, 1.54) is 0 Å². The van der Waals surface area contributed by atoms with E-state index in [-0.39, 0.29) is 59.1 Å². The van der Waals surface area contributed by atoms with Crippen molar-refractivity contribution in [3.63, 3.8) is 0 Å². The van der Waals surface area contributed by atoms with Crippen LogP contribution in [0.25, 0.3) is 0 Å². The molecular formula is C9H12N2Na2O12P2. The van der Waals surface area contributed by atoms with Gasteiger partial charge in [-0.05, 0) is 11.9 Å². The molecule has 4 N–H and O–H groups in total. The molecule has 1 aliphatic heterocycles. The van der Waals surface area contributed by atoms with Crippen molar-refractivity contribution in [2.45, 2.75) is 24.5 Å². The summed E-state index contributed by atoms with van der Waals surface area (Å²) in [5.41, 5.74) is -1.07. The molecule has 1 aromatic heterocycles. The summed E-state index contributed by atoms with van der Waals surface area (Å²) >= 11 is 0. The molecule has 2 unspecified atom stereocenters. The number of nitrogens with zero attached hydrogens (tertiary/aromatic N) is 2. The molecule has 2 heterocycles. The van der Waals surface area contributed by atoms with Crippen LogP contribution in [0, 0.1) is 0 Å². The molecule has 1 fully saturated rings. The number of ether oxygens (including phenoxy) is 1. The standard InChI is InChI=1S/C9H14N2O12P2.2Na/c12-5-1-2-11(9(15)10-5)8-7(14)6(13)4(22-8)3-21-25(19,20)23-24(16,17)18;;/h1-2,4,6-8,13-14H,3H2,(H,19,20)(H,10,12,15)(H2,16,17,18);;/q;2*+1/p-2/t4-,6-,7-,8-;;/m1../s1. The molecule has 18 heteroatoms. The molecule has 142 valence electrons. The third-order valence-electron chi connectivity index (χ3n) is 3.02. The minimum atomic E-state index is -5.57. The second kappa shape index (κ2) is 10.7. The fourth-order valence-corrected chi connectivity index (χ4v) is 3.58. The van der Waals surface area contributed by atoms with Crippen molar-refractivity contribution < 1.29 is 112 Å². The Morgan fingerprint density at radius 1 is 1.26 bits per heavy atom. The van der Waals surface area contributed by atoms with Crippen LogP contribution in [0.1, 0.15) is 6.23 Å². The molecule has 27 heavy (non-hydrogen) atoms. The van der Waals surface area contributed by atoms with Gasteiger partial charge in [-0.2, -0.15) is 0 Å². The molecular weight excluding hydrogens is 436 g/mol. The number of phosphoric ester groups is 1. The summed E-state index contributed by atoms with van der Waals surface area (Å²) in [5, 5.41) is 30.7. The van der Waals surface area contributed by atoms with Crippen LogP contribution in [0.5, 0.6) is 5.88 Å². The monoisotopic (exact) mass is 448 g/mol. The third kappa shape index (κ3) is 7.87. The Morgan fingerprint density at radius 3 is 2.37 bits per heavy atom. The van der Waals surface area contributed by atoms with E-state index in [0.717, 1.165) is 12.3 Å². The molecule has 6 atom stereocenters. The number of aliphatic hydroxyl groups excluding tert-OH is 2. The Balaban J connectivity index is 0.00000338. The summed E-state index contributed by atoms with van der Waals surface area (Å²) in [5.74, 6) is -0.835. The van der Waals surface area contributed by atoms with Gasteiger partial charge >= 0.3 is 72.6 Å². The van der Waals surface area contributed by atoms with Gasteiger partial charge in [0.2, 0.25) is 0 Å². The van der Waals surface area contributed by atoms with Gasteiger partial charge in [0.15, 0.2) is 6.23 Å². The zero-order valence-electron chi connectivity index (χ0n) is 14.0. The van der Waals surface area contributed by atoms with E-state index in [0.29, 0.717) is 4.57 Å². The second-order valence-electron chi connectivity index (χ2n) is 4.82. The van der Waals surface area contributed by atoms with Gasteiger partial charge in [-0.15, -0.1) is 0 Å². The Labute approximate surface area is 195 Å². The summed E-state index contributed by atoms with van der Waals surface area (Å²) in [6, 6.07) is 0.899. The smallest absolute Gasteiger partial charge is 0.858 e. The first-order chi connectivity index (χ1) is 11.4. The summed E-state index contributed by atoms with van der Waals surface area (Å²) in [4.78, 5) is 42.6. The quantitative estimate of drug-likeness (QED) is 0.235. The van der Waals surface area contributed by atoms with E-state index in [9.17, 15) is 34.1 Å². The molecule has 0 aromatic carbocycles. The minimum absolute atomic E-state index is 0. The number of aromatic nitrogens is 2. The number of rotatable bonds is 6. The van der Waals surface area contributed by atoms with Gasteiger partial charge in [-0.3, -0.25) is 13.7 Å². The van der Waals surface area contributed by atoms with Gasteiger partial charge < -0.3 is 34.7 Å². The average Bonchev–Trinajstić information content (AvgIpc) is 2.71. The van der Waals surface area contributed by atoms with E-state index in [1.54, 1.807) is 0 Å². The van der Waals surface area contributed by atoms with Crippen molar-refractivity contribution in [1.29, 1.82) is 0 Å². The van der Waals surface area contributed by atoms with E-state index < -0.39 is 58.4 Å². The predicted molar refractivity (Wildman–Crippen MR) is 70.6 cm³/mol. The topological polar surface area (TPSA) is 224 Å². The van der Waals surface area contributed by atoms with Crippen LogP contribution in [-0.4, -0.2) is 54.5 Å². The zero-order valence-corrected chi connectivity index (χ0v) is 19.8. The van der Waals surface area contributed by atoms with Gasteiger partial charge in [-0.25, -0.2) is 18.7 Å². The van der Waals surface area contributed by atoms with Crippen molar-refractivity contribution in [2.24, 2.45) is 0 Å².